The molecule has 0 aliphatic carbocycles. The van der Waals surface area contributed by atoms with Crippen LogP contribution in [0.1, 0.15) is 5.56 Å². The molecule has 0 aromatic heterocycles. The normalized spacial score (nSPS) is 11.4. The summed E-state index contributed by atoms with van der Waals surface area (Å²) in [7, 11) is 0. The smallest absolute Gasteiger partial charge is 0.283 e. The summed E-state index contributed by atoms with van der Waals surface area (Å²) >= 11 is 7.18. The van der Waals surface area contributed by atoms with Crippen LogP contribution in [0.5, 0.6) is 0 Å². The van der Waals surface area contributed by atoms with E-state index in [1.165, 1.54) is 6.07 Å². The number of nitrogens with zero attached hydrogens (tertiary/aromatic N) is 2. The summed E-state index contributed by atoms with van der Waals surface area (Å²) < 4.78 is 0. The number of para-hydroxylation sites is 1. The Balaban J connectivity index is 2.51. The van der Waals surface area contributed by atoms with E-state index in [1.807, 2.05) is 0 Å². The molecule has 0 saturated carbocycles. The van der Waals surface area contributed by atoms with Crippen LogP contribution in [0.3, 0.4) is 0 Å². The van der Waals surface area contributed by atoms with Crippen molar-refractivity contribution in [2.75, 3.05) is 0 Å². The largest absolute Gasteiger partial charge is 0.409 e. The fraction of sp³-hybridized carbons (Fsp3) is 0. The molecule has 0 radical (unpaired) electrons. The number of rotatable bonds is 4. The molecule has 8 heteroatoms. The van der Waals surface area contributed by atoms with E-state index in [0.29, 0.717) is 20.4 Å². The van der Waals surface area contributed by atoms with E-state index in [1.54, 1.807) is 36.4 Å². The predicted molar refractivity (Wildman–Crippen MR) is 81.2 cm³/mol. The molecule has 0 saturated heterocycles. The number of nitro benzene ring substituents is 1. The Kier molecular flexibility index (Phi) is 4.66. The summed E-state index contributed by atoms with van der Waals surface area (Å²) in [5, 5.41) is 23.1. The predicted octanol–water partition coefficient (Wildman–Crippen LogP) is 3.49. The highest BCUT2D eigenvalue weighted by Crippen LogP contribution is 2.38. The number of amidine groups is 1. The van der Waals surface area contributed by atoms with Crippen molar-refractivity contribution in [2.24, 2.45) is 10.9 Å². The number of hydrogen-bond donors (Lipinski definition) is 2. The van der Waals surface area contributed by atoms with Crippen molar-refractivity contribution in [1.29, 1.82) is 0 Å². The minimum absolute atomic E-state index is 0.0204. The Morgan fingerprint density at radius 1 is 1.24 bits per heavy atom. The first kappa shape index (κ1) is 15.1. The Bertz CT molecular complexity index is 722. The van der Waals surface area contributed by atoms with Gasteiger partial charge in [0.1, 0.15) is 0 Å². The fourth-order valence-electron chi connectivity index (χ4n) is 1.70. The molecule has 0 bridgehead atoms. The highest BCUT2D eigenvalue weighted by Gasteiger charge is 2.18. The van der Waals surface area contributed by atoms with Gasteiger partial charge >= 0.3 is 0 Å². The molecular weight excluding hydrogens is 314 g/mol. The van der Waals surface area contributed by atoms with Crippen molar-refractivity contribution in [3.05, 3.63) is 63.2 Å². The van der Waals surface area contributed by atoms with Crippen molar-refractivity contribution in [1.82, 2.24) is 0 Å². The van der Waals surface area contributed by atoms with Gasteiger partial charge in [0.2, 0.25) is 0 Å². The number of benzene rings is 2. The molecule has 21 heavy (non-hydrogen) atoms. The van der Waals surface area contributed by atoms with Crippen molar-refractivity contribution in [3.63, 3.8) is 0 Å². The van der Waals surface area contributed by atoms with Gasteiger partial charge in [-0.2, -0.15) is 0 Å². The molecule has 0 aliphatic heterocycles. The van der Waals surface area contributed by atoms with Gasteiger partial charge in [-0.25, -0.2) is 0 Å². The second-order valence-electron chi connectivity index (χ2n) is 3.93. The Hall–Kier alpha value is -2.25. The van der Waals surface area contributed by atoms with Gasteiger partial charge in [-0.05, 0) is 18.2 Å². The second-order valence-corrected chi connectivity index (χ2v) is 5.42. The first-order valence-corrected chi connectivity index (χ1v) is 6.91. The number of nitrogens with two attached hydrogens (primary N) is 1. The van der Waals surface area contributed by atoms with Crippen molar-refractivity contribution >= 4 is 34.9 Å². The summed E-state index contributed by atoms with van der Waals surface area (Å²) in [5.74, 6) is -0.151. The van der Waals surface area contributed by atoms with Crippen molar-refractivity contribution in [3.8, 4) is 0 Å². The first-order chi connectivity index (χ1) is 10.0. The maximum atomic E-state index is 11.0. The second kappa shape index (κ2) is 6.47. The highest BCUT2D eigenvalue weighted by molar-refractivity contribution is 7.99. The van der Waals surface area contributed by atoms with E-state index in [2.05, 4.69) is 5.16 Å². The van der Waals surface area contributed by atoms with E-state index in [4.69, 9.17) is 22.5 Å². The van der Waals surface area contributed by atoms with Crippen molar-refractivity contribution in [2.45, 2.75) is 9.79 Å². The molecular formula is C13H10ClN3O3S. The standard InChI is InChI=1S/C13H10ClN3O3S/c14-8-4-3-7-11(12(8)13(15)16-18)21-10-6-2-1-5-9(10)17(19)20/h1-7,18H,(H2,15,16). The van der Waals surface area contributed by atoms with Crippen LogP contribution in [0.4, 0.5) is 5.69 Å². The van der Waals surface area contributed by atoms with Gasteiger partial charge in [0.05, 0.1) is 20.4 Å². The van der Waals surface area contributed by atoms with Gasteiger partial charge < -0.3 is 10.9 Å². The van der Waals surface area contributed by atoms with Crippen LogP contribution >= 0.6 is 23.4 Å². The summed E-state index contributed by atoms with van der Waals surface area (Å²) in [4.78, 5) is 11.6. The zero-order valence-electron chi connectivity index (χ0n) is 10.6. The topological polar surface area (TPSA) is 102 Å². The first-order valence-electron chi connectivity index (χ1n) is 5.72. The lowest BCUT2D eigenvalue weighted by Gasteiger charge is -2.09. The summed E-state index contributed by atoms with van der Waals surface area (Å²) in [6.07, 6.45) is 0. The van der Waals surface area contributed by atoms with Crippen LogP contribution in [0, 0.1) is 10.1 Å². The zero-order chi connectivity index (χ0) is 15.4. The van der Waals surface area contributed by atoms with Crippen molar-refractivity contribution < 1.29 is 10.1 Å². The number of hydrogen-bond acceptors (Lipinski definition) is 5. The molecule has 2 rings (SSSR count). The molecule has 0 atom stereocenters. The number of nitro groups is 1. The third-order valence-corrected chi connectivity index (χ3v) is 4.06. The maximum absolute atomic E-state index is 11.0. The van der Waals surface area contributed by atoms with Crippen LogP contribution in [0.25, 0.3) is 0 Å². The average molecular weight is 324 g/mol. The lowest BCUT2D eigenvalue weighted by molar-refractivity contribution is -0.387. The van der Waals surface area contributed by atoms with Gasteiger partial charge in [-0.3, -0.25) is 10.1 Å². The Labute approximate surface area is 129 Å². The maximum Gasteiger partial charge on any atom is 0.283 e. The molecule has 0 amide bonds. The monoisotopic (exact) mass is 323 g/mol. The summed E-state index contributed by atoms with van der Waals surface area (Å²) in [6, 6.07) is 11.3. The molecule has 6 nitrogen and oxygen atoms in total. The van der Waals surface area contributed by atoms with Gasteiger partial charge in [-0.1, -0.05) is 46.7 Å². The lowest BCUT2D eigenvalue weighted by Crippen LogP contribution is -2.14. The van der Waals surface area contributed by atoms with E-state index in [0.717, 1.165) is 11.8 Å². The van der Waals surface area contributed by atoms with Gasteiger partial charge in [0.25, 0.3) is 5.69 Å². The van der Waals surface area contributed by atoms with E-state index in [-0.39, 0.29) is 11.5 Å². The van der Waals surface area contributed by atoms with Gasteiger partial charge in [-0.15, -0.1) is 0 Å². The molecule has 2 aromatic rings. The highest BCUT2D eigenvalue weighted by atomic mass is 35.5. The van der Waals surface area contributed by atoms with E-state index in [9.17, 15) is 10.1 Å². The molecule has 3 N–H and O–H groups in total. The third kappa shape index (κ3) is 3.26. The van der Waals surface area contributed by atoms with Crippen LogP contribution < -0.4 is 5.73 Å². The van der Waals surface area contributed by atoms with Gasteiger partial charge in [0, 0.05) is 11.0 Å². The van der Waals surface area contributed by atoms with Crippen LogP contribution in [0.15, 0.2) is 57.4 Å². The summed E-state index contributed by atoms with van der Waals surface area (Å²) in [5.41, 5.74) is 5.93. The van der Waals surface area contributed by atoms with Crippen LogP contribution in [-0.4, -0.2) is 16.0 Å². The quantitative estimate of drug-likeness (QED) is 0.295. The Morgan fingerprint density at radius 2 is 1.90 bits per heavy atom. The minimum Gasteiger partial charge on any atom is -0.409 e. The molecule has 2 aromatic carbocycles. The fourth-order valence-corrected chi connectivity index (χ4v) is 3.12. The SMILES string of the molecule is NC(=NO)c1c(Cl)cccc1Sc1ccccc1[N+](=O)[O-]. The van der Waals surface area contributed by atoms with E-state index >= 15 is 0 Å². The van der Waals surface area contributed by atoms with Gasteiger partial charge in [0.15, 0.2) is 5.84 Å². The molecule has 108 valence electrons. The number of halogens is 1. The minimum atomic E-state index is -0.462. The average Bonchev–Trinajstić information content (AvgIpc) is 2.47. The van der Waals surface area contributed by atoms with Crippen LogP contribution in [0.2, 0.25) is 5.02 Å². The molecule has 0 heterocycles. The third-order valence-electron chi connectivity index (χ3n) is 2.62. The zero-order valence-corrected chi connectivity index (χ0v) is 12.1. The molecule has 0 spiro atoms. The van der Waals surface area contributed by atoms with Crippen LogP contribution in [-0.2, 0) is 0 Å². The molecule has 0 unspecified atom stereocenters. The summed E-state index contributed by atoms with van der Waals surface area (Å²) in [6.45, 7) is 0. The Morgan fingerprint density at radius 3 is 2.57 bits per heavy atom. The molecule has 0 aliphatic rings. The number of oxime groups is 1. The van der Waals surface area contributed by atoms with E-state index < -0.39 is 4.92 Å². The lowest BCUT2D eigenvalue weighted by atomic mass is 10.2. The molecule has 0 fully saturated rings.